The molecular formula is C28H35N5O3. The van der Waals surface area contributed by atoms with Crippen LogP contribution in [-0.2, 0) is 9.59 Å². The second kappa shape index (κ2) is 8.91. The highest BCUT2D eigenvalue weighted by molar-refractivity contribution is 5.99. The Morgan fingerprint density at radius 2 is 2.03 bits per heavy atom. The van der Waals surface area contributed by atoms with E-state index in [0.29, 0.717) is 12.8 Å². The van der Waals surface area contributed by atoms with Gasteiger partial charge in [0.2, 0.25) is 11.8 Å². The molecular weight excluding hydrogens is 454 g/mol. The summed E-state index contributed by atoms with van der Waals surface area (Å²) in [5, 5.41) is 3.30. The lowest BCUT2D eigenvalue weighted by atomic mass is 9.86. The molecule has 1 fully saturated rings. The number of aromatic nitrogens is 1. The predicted molar refractivity (Wildman–Crippen MR) is 137 cm³/mol. The third kappa shape index (κ3) is 4.56. The Hall–Kier alpha value is -3.42. The SMILES string of the molecule is CCC1(C)CC(NC(=O)C2CC2C(c2cccnc2)N2C(=O)CC(C)(C)N=C2N)c2ccccc2O1. The zero-order valence-corrected chi connectivity index (χ0v) is 21.4. The van der Waals surface area contributed by atoms with Gasteiger partial charge in [-0.3, -0.25) is 19.5 Å². The van der Waals surface area contributed by atoms with Crippen LogP contribution in [-0.4, -0.2) is 38.8 Å². The molecule has 1 aromatic heterocycles. The number of benzene rings is 1. The van der Waals surface area contributed by atoms with Crippen molar-refractivity contribution in [2.24, 2.45) is 22.6 Å². The Labute approximate surface area is 212 Å². The van der Waals surface area contributed by atoms with Crippen molar-refractivity contribution in [2.75, 3.05) is 0 Å². The summed E-state index contributed by atoms with van der Waals surface area (Å²) in [6, 6.07) is 11.2. The zero-order valence-electron chi connectivity index (χ0n) is 21.4. The number of fused-ring (bicyclic) bond motifs is 1. The summed E-state index contributed by atoms with van der Waals surface area (Å²) in [5.41, 5.74) is 7.32. The summed E-state index contributed by atoms with van der Waals surface area (Å²) in [7, 11) is 0. The number of hydrogen-bond donors (Lipinski definition) is 2. The topological polar surface area (TPSA) is 110 Å². The van der Waals surface area contributed by atoms with Crippen molar-refractivity contribution in [1.29, 1.82) is 0 Å². The Morgan fingerprint density at radius 1 is 1.25 bits per heavy atom. The van der Waals surface area contributed by atoms with Crippen molar-refractivity contribution >= 4 is 17.8 Å². The number of para-hydroxylation sites is 1. The van der Waals surface area contributed by atoms with Crippen LogP contribution < -0.4 is 15.8 Å². The van der Waals surface area contributed by atoms with Crippen LogP contribution in [0.5, 0.6) is 5.75 Å². The highest BCUT2D eigenvalue weighted by atomic mass is 16.5. The maximum Gasteiger partial charge on any atom is 0.232 e. The van der Waals surface area contributed by atoms with E-state index in [1.165, 1.54) is 0 Å². The molecule has 8 nitrogen and oxygen atoms in total. The maximum absolute atomic E-state index is 13.5. The molecule has 1 aliphatic carbocycles. The quantitative estimate of drug-likeness (QED) is 0.640. The second-order valence-corrected chi connectivity index (χ2v) is 11.2. The number of ether oxygens (including phenoxy) is 1. The minimum absolute atomic E-state index is 0.00524. The fraction of sp³-hybridized carbons (Fsp3) is 0.500. The van der Waals surface area contributed by atoms with Crippen molar-refractivity contribution in [3.8, 4) is 5.75 Å². The number of nitrogens with two attached hydrogens (primary N) is 1. The Balaban J connectivity index is 1.39. The zero-order chi connectivity index (χ0) is 25.7. The average Bonchev–Trinajstić information content (AvgIpc) is 3.62. The van der Waals surface area contributed by atoms with Crippen LogP contribution in [0.3, 0.4) is 0 Å². The van der Waals surface area contributed by atoms with Gasteiger partial charge in [0.1, 0.15) is 11.4 Å². The molecule has 8 heteroatoms. The average molecular weight is 490 g/mol. The molecule has 0 radical (unpaired) electrons. The van der Waals surface area contributed by atoms with Gasteiger partial charge in [0, 0.05) is 30.3 Å². The van der Waals surface area contributed by atoms with Crippen molar-refractivity contribution in [2.45, 2.75) is 76.6 Å². The van der Waals surface area contributed by atoms with E-state index in [4.69, 9.17) is 10.5 Å². The Kier molecular flexibility index (Phi) is 6.01. The molecule has 5 atom stereocenters. The smallest absolute Gasteiger partial charge is 0.232 e. The van der Waals surface area contributed by atoms with Gasteiger partial charge in [-0.25, -0.2) is 4.99 Å². The van der Waals surface area contributed by atoms with Crippen LogP contribution >= 0.6 is 0 Å². The number of nitrogens with one attached hydrogen (secondary N) is 1. The van der Waals surface area contributed by atoms with Crippen LogP contribution in [0.25, 0.3) is 0 Å². The number of aliphatic imine (C=N–C) groups is 1. The normalized spacial score (nSPS) is 29.4. The van der Waals surface area contributed by atoms with Crippen molar-refractivity contribution in [3.63, 3.8) is 0 Å². The van der Waals surface area contributed by atoms with Gasteiger partial charge in [0.15, 0.2) is 5.96 Å². The van der Waals surface area contributed by atoms with Crippen molar-refractivity contribution in [3.05, 3.63) is 59.9 Å². The summed E-state index contributed by atoms with van der Waals surface area (Å²) >= 11 is 0. The molecule has 1 saturated carbocycles. The number of amides is 2. The highest BCUT2D eigenvalue weighted by Gasteiger charge is 2.53. The summed E-state index contributed by atoms with van der Waals surface area (Å²) in [5.74, 6) is 0.644. The monoisotopic (exact) mass is 489 g/mol. The van der Waals surface area contributed by atoms with Gasteiger partial charge in [-0.1, -0.05) is 31.2 Å². The van der Waals surface area contributed by atoms with Gasteiger partial charge in [-0.05, 0) is 57.2 Å². The Morgan fingerprint density at radius 3 is 2.72 bits per heavy atom. The van der Waals surface area contributed by atoms with Gasteiger partial charge >= 0.3 is 0 Å². The largest absolute Gasteiger partial charge is 0.487 e. The van der Waals surface area contributed by atoms with E-state index in [1.54, 1.807) is 17.3 Å². The molecule has 2 aromatic rings. The number of rotatable bonds is 6. The number of guanidine groups is 1. The summed E-state index contributed by atoms with van der Waals surface area (Å²) in [4.78, 5) is 37.2. The Bertz CT molecular complexity index is 1200. The predicted octanol–water partition coefficient (Wildman–Crippen LogP) is 3.89. The fourth-order valence-corrected chi connectivity index (χ4v) is 5.62. The lowest BCUT2D eigenvalue weighted by Gasteiger charge is -2.40. The number of hydrogen-bond acceptors (Lipinski definition) is 6. The molecule has 0 saturated heterocycles. The van der Waals surface area contributed by atoms with Crippen LogP contribution in [0.4, 0.5) is 0 Å². The molecule has 5 rings (SSSR count). The molecule has 0 spiro atoms. The van der Waals surface area contributed by atoms with Gasteiger partial charge in [0.25, 0.3) is 0 Å². The van der Waals surface area contributed by atoms with E-state index in [1.807, 2.05) is 50.2 Å². The van der Waals surface area contributed by atoms with Gasteiger partial charge in [-0.15, -0.1) is 0 Å². The maximum atomic E-state index is 13.5. The third-order valence-corrected chi connectivity index (χ3v) is 7.75. The molecule has 190 valence electrons. The molecule has 2 amide bonds. The summed E-state index contributed by atoms with van der Waals surface area (Å²) in [6.07, 6.45) is 5.93. The molecule has 3 aliphatic rings. The molecule has 36 heavy (non-hydrogen) atoms. The summed E-state index contributed by atoms with van der Waals surface area (Å²) in [6.45, 7) is 7.99. The van der Waals surface area contributed by atoms with Gasteiger partial charge < -0.3 is 15.8 Å². The lowest BCUT2D eigenvalue weighted by molar-refractivity contribution is -0.132. The van der Waals surface area contributed by atoms with E-state index >= 15 is 0 Å². The van der Waals surface area contributed by atoms with E-state index in [0.717, 1.165) is 23.3 Å². The van der Waals surface area contributed by atoms with E-state index in [9.17, 15) is 9.59 Å². The van der Waals surface area contributed by atoms with Gasteiger partial charge in [-0.2, -0.15) is 0 Å². The van der Waals surface area contributed by atoms with E-state index in [-0.39, 0.29) is 53.7 Å². The van der Waals surface area contributed by atoms with Crippen LogP contribution in [0, 0.1) is 11.8 Å². The standard InChI is InChI=1S/C28H35N5O3/c1-5-28(4)14-21(18-10-6-7-11-22(18)36-28)31-25(35)20-13-19(20)24(17-9-8-12-30-16-17)33-23(34)15-27(2,3)32-26(33)29/h6-12,16,19-21,24H,5,13-15H2,1-4H3,(H2,29,32)(H,31,35). The van der Waals surface area contributed by atoms with E-state index in [2.05, 4.69) is 29.1 Å². The first-order valence-corrected chi connectivity index (χ1v) is 12.8. The van der Waals surface area contributed by atoms with E-state index < -0.39 is 5.54 Å². The minimum Gasteiger partial charge on any atom is -0.487 e. The van der Waals surface area contributed by atoms with Crippen LogP contribution in [0.1, 0.15) is 76.6 Å². The lowest BCUT2D eigenvalue weighted by Crippen LogP contribution is -2.52. The summed E-state index contributed by atoms with van der Waals surface area (Å²) < 4.78 is 6.26. The molecule has 5 unspecified atom stereocenters. The minimum atomic E-state index is -0.542. The van der Waals surface area contributed by atoms with Gasteiger partial charge in [0.05, 0.1) is 24.0 Å². The number of nitrogens with zero attached hydrogens (tertiary/aromatic N) is 3. The van der Waals surface area contributed by atoms with Crippen LogP contribution in [0.2, 0.25) is 0 Å². The highest BCUT2D eigenvalue weighted by Crippen LogP contribution is 2.51. The van der Waals surface area contributed by atoms with Crippen molar-refractivity contribution in [1.82, 2.24) is 15.2 Å². The molecule has 3 heterocycles. The first-order valence-electron chi connectivity index (χ1n) is 12.8. The number of pyridine rings is 1. The molecule has 2 aliphatic heterocycles. The first-order chi connectivity index (χ1) is 17.1. The second-order valence-electron chi connectivity index (χ2n) is 11.2. The van der Waals surface area contributed by atoms with Crippen LogP contribution in [0.15, 0.2) is 53.8 Å². The molecule has 3 N–H and O–H groups in total. The first kappa shape index (κ1) is 24.3. The fourth-order valence-electron chi connectivity index (χ4n) is 5.62. The number of carbonyl (C=O) groups is 2. The molecule has 1 aromatic carbocycles. The molecule has 0 bridgehead atoms. The van der Waals surface area contributed by atoms with Crippen molar-refractivity contribution < 1.29 is 14.3 Å². The third-order valence-electron chi connectivity index (χ3n) is 7.75. The number of carbonyl (C=O) groups excluding carboxylic acids is 2.